The largest absolute Gasteiger partial charge is 0.350 e. The molecule has 6 heteroatoms. The van der Waals surface area contributed by atoms with Crippen molar-refractivity contribution < 1.29 is 13.2 Å². The Bertz CT molecular complexity index is 455. The summed E-state index contributed by atoms with van der Waals surface area (Å²) in [5.41, 5.74) is 5.25. The maximum atomic E-state index is 12.1. The van der Waals surface area contributed by atoms with E-state index in [2.05, 4.69) is 5.32 Å². The van der Waals surface area contributed by atoms with Gasteiger partial charge in [-0.1, -0.05) is 19.3 Å². The van der Waals surface area contributed by atoms with Gasteiger partial charge < -0.3 is 11.1 Å². The van der Waals surface area contributed by atoms with E-state index in [1.807, 2.05) is 0 Å². The average molecular weight is 288 g/mol. The minimum absolute atomic E-state index is 0.0450. The summed E-state index contributed by atoms with van der Waals surface area (Å²) in [6.07, 6.45) is 5.92. The standard InChI is InChI=1S/C13H24N2O3S/c1-12(7-8-19(17,18)10-12)15-11(16)9-13(14)5-3-2-4-6-13/h2-10,14H2,1H3,(H,15,16). The van der Waals surface area contributed by atoms with Crippen molar-refractivity contribution in [2.75, 3.05) is 11.5 Å². The van der Waals surface area contributed by atoms with Crippen molar-refractivity contribution in [2.45, 2.75) is 62.9 Å². The van der Waals surface area contributed by atoms with Crippen LogP contribution in [0, 0.1) is 0 Å². The summed E-state index contributed by atoms with van der Waals surface area (Å²) >= 11 is 0. The third-order valence-electron chi connectivity index (χ3n) is 4.31. The van der Waals surface area contributed by atoms with E-state index in [-0.39, 0.29) is 17.4 Å². The van der Waals surface area contributed by atoms with E-state index in [9.17, 15) is 13.2 Å². The fraction of sp³-hybridized carbons (Fsp3) is 0.923. The van der Waals surface area contributed by atoms with Crippen molar-refractivity contribution in [1.82, 2.24) is 5.32 Å². The number of nitrogens with one attached hydrogen (secondary N) is 1. The van der Waals surface area contributed by atoms with Gasteiger partial charge in [0.25, 0.3) is 0 Å². The molecule has 1 saturated carbocycles. The van der Waals surface area contributed by atoms with Crippen LogP contribution < -0.4 is 11.1 Å². The van der Waals surface area contributed by atoms with Crippen LogP contribution >= 0.6 is 0 Å². The lowest BCUT2D eigenvalue weighted by atomic mass is 9.80. The van der Waals surface area contributed by atoms with Gasteiger partial charge in [0.05, 0.1) is 17.0 Å². The molecule has 0 radical (unpaired) electrons. The Kier molecular flexibility index (Phi) is 3.93. The first-order chi connectivity index (χ1) is 8.72. The fourth-order valence-electron chi connectivity index (χ4n) is 3.24. The Morgan fingerprint density at radius 2 is 1.84 bits per heavy atom. The van der Waals surface area contributed by atoms with E-state index in [1.165, 1.54) is 6.42 Å². The van der Waals surface area contributed by atoms with E-state index in [0.717, 1.165) is 25.7 Å². The second-order valence-corrected chi connectivity index (χ2v) is 8.73. The van der Waals surface area contributed by atoms with Crippen LogP contribution in [-0.2, 0) is 14.6 Å². The maximum Gasteiger partial charge on any atom is 0.222 e. The Morgan fingerprint density at radius 1 is 1.21 bits per heavy atom. The topological polar surface area (TPSA) is 89.3 Å². The van der Waals surface area contributed by atoms with Crippen LogP contribution in [0.5, 0.6) is 0 Å². The predicted octanol–water partition coefficient (Wildman–Crippen LogP) is 0.732. The molecular weight excluding hydrogens is 264 g/mol. The van der Waals surface area contributed by atoms with Crippen molar-refractivity contribution in [3.05, 3.63) is 0 Å². The molecule has 0 aromatic heterocycles. The van der Waals surface area contributed by atoms with Crippen molar-refractivity contribution in [3.63, 3.8) is 0 Å². The van der Waals surface area contributed by atoms with Gasteiger partial charge in [0, 0.05) is 12.0 Å². The third-order valence-corrected chi connectivity index (χ3v) is 6.21. The first-order valence-electron chi connectivity index (χ1n) is 7.02. The molecule has 2 rings (SSSR count). The molecule has 0 spiro atoms. The predicted molar refractivity (Wildman–Crippen MR) is 74.4 cm³/mol. The SMILES string of the molecule is CC1(NC(=O)CC2(N)CCCCC2)CCS(=O)(=O)C1. The molecule has 1 unspecified atom stereocenters. The lowest BCUT2D eigenvalue weighted by molar-refractivity contribution is -0.124. The normalized spacial score (nSPS) is 32.9. The molecule has 110 valence electrons. The molecule has 2 fully saturated rings. The molecular formula is C13H24N2O3S. The third kappa shape index (κ3) is 3.92. The smallest absolute Gasteiger partial charge is 0.222 e. The number of sulfone groups is 1. The molecule has 3 N–H and O–H groups in total. The molecule has 1 amide bonds. The van der Waals surface area contributed by atoms with Crippen LogP contribution in [0.15, 0.2) is 0 Å². The Labute approximate surface area is 115 Å². The van der Waals surface area contributed by atoms with Gasteiger partial charge >= 0.3 is 0 Å². The minimum atomic E-state index is -2.99. The summed E-state index contributed by atoms with van der Waals surface area (Å²) in [6.45, 7) is 1.81. The highest BCUT2D eigenvalue weighted by molar-refractivity contribution is 7.91. The van der Waals surface area contributed by atoms with E-state index in [4.69, 9.17) is 5.73 Å². The number of amides is 1. The van der Waals surface area contributed by atoms with Crippen LogP contribution in [0.25, 0.3) is 0 Å². The summed E-state index contributed by atoms with van der Waals surface area (Å²) in [4.78, 5) is 12.1. The van der Waals surface area contributed by atoms with Crippen LogP contribution in [0.3, 0.4) is 0 Å². The van der Waals surface area contributed by atoms with Gasteiger partial charge in [0.1, 0.15) is 0 Å². The second kappa shape index (κ2) is 5.05. The summed E-state index contributed by atoms with van der Waals surface area (Å²) in [7, 11) is -2.99. The molecule has 0 aromatic rings. The molecule has 2 aliphatic rings. The summed E-state index contributed by atoms with van der Waals surface area (Å²) in [5, 5.41) is 2.89. The lowest BCUT2D eigenvalue weighted by Crippen LogP contribution is -2.52. The highest BCUT2D eigenvalue weighted by atomic mass is 32.2. The van der Waals surface area contributed by atoms with Gasteiger partial charge in [0.15, 0.2) is 9.84 Å². The van der Waals surface area contributed by atoms with E-state index in [1.54, 1.807) is 6.92 Å². The zero-order chi connectivity index (χ0) is 14.1. The van der Waals surface area contributed by atoms with Gasteiger partial charge in [-0.2, -0.15) is 0 Å². The zero-order valence-corrected chi connectivity index (χ0v) is 12.4. The molecule has 19 heavy (non-hydrogen) atoms. The van der Waals surface area contributed by atoms with E-state index < -0.39 is 20.9 Å². The van der Waals surface area contributed by atoms with Gasteiger partial charge in [-0.25, -0.2) is 8.42 Å². The Morgan fingerprint density at radius 3 is 2.37 bits per heavy atom. The number of hydrogen-bond acceptors (Lipinski definition) is 4. The van der Waals surface area contributed by atoms with Gasteiger partial charge in [0.2, 0.25) is 5.91 Å². The maximum absolute atomic E-state index is 12.1. The van der Waals surface area contributed by atoms with Crippen molar-refractivity contribution in [3.8, 4) is 0 Å². The minimum Gasteiger partial charge on any atom is -0.350 e. The van der Waals surface area contributed by atoms with Crippen LogP contribution in [0.1, 0.15) is 51.9 Å². The summed E-state index contributed by atoms with van der Waals surface area (Å²) in [6, 6.07) is 0. The first kappa shape index (κ1) is 14.8. The summed E-state index contributed by atoms with van der Waals surface area (Å²) in [5.74, 6) is 0.102. The van der Waals surface area contributed by atoms with Crippen LogP contribution in [0.2, 0.25) is 0 Å². The molecule has 1 aliphatic carbocycles. The van der Waals surface area contributed by atoms with Crippen molar-refractivity contribution >= 4 is 15.7 Å². The number of carbonyl (C=O) groups excluding carboxylic acids is 1. The van der Waals surface area contributed by atoms with Gasteiger partial charge in [-0.15, -0.1) is 0 Å². The number of rotatable bonds is 3. The molecule has 1 saturated heterocycles. The molecule has 1 atom stereocenters. The molecule has 0 bridgehead atoms. The quantitative estimate of drug-likeness (QED) is 0.801. The Balaban J connectivity index is 1.91. The Hall–Kier alpha value is -0.620. The number of carbonyl (C=O) groups is 1. The highest BCUT2D eigenvalue weighted by Crippen LogP contribution is 2.29. The van der Waals surface area contributed by atoms with Crippen molar-refractivity contribution in [1.29, 1.82) is 0 Å². The first-order valence-corrected chi connectivity index (χ1v) is 8.85. The lowest BCUT2D eigenvalue weighted by Gasteiger charge is -2.34. The van der Waals surface area contributed by atoms with Crippen molar-refractivity contribution in [2.24, 2.45) is 5.73 Å². The number of hydrogen-bond donors (Lipinski definition) is 2. The molecule has 0 aromatic carbocycles. The van der Waals surface area contributed by atoms with E-state index in [0.29, 0.717) is 12.8 Å². The molecule has 5 nitrogen and oxygen atoms in total. The van der Waals surface area contributed by atoms with E-state index >= 15 is 0 Å². The van der Waals surface area contributed by atoms with Gasteiger partial charge in [-0.05, 0) is 26.2 Å². The molecule has 1 heterocycles. The monoisotopic (exact) mass is 288 g/mol. The van der Waals surface area contributed by atoms with Crippen LogP contribution in [0.4, 0.5) is 0 Å². The number of nitrogens with two attached hydrogens (primary N) is 1. The summed E-state index contributed by atoms with van der Waals surface area (Å²) < 4.78 is 23.0. The zero-order valence-electron chi connectivity index (χ0n) is 11.6. The fourth-order valence-corrected chi connectivity index (χ4v) is 5.34. The molecule has 1 aliphatic heterocycles. The second-order valence-electron chi connectivity index (χ2n) is 6.55. The van der Waals surface area contributed by atoms with Crippen LogP contribution in [-0.4, -0.2) is 36.9 Å². The van der Waals surface area contributed by atoms with Gasteiger partial charge in [-0.3, -0.25) is 4.79 Å². The average Bonchev–Trinajstić information content (AvgIpc) is 2.52. The highest BCUT2D eigenvalue weighted by Gasteiger charge is 2.40.